The molecule has 5 atom stereocenters. The fourth-order valence-corrected chi connectivity index (χ4v) is 7.66. The van der Waals surface area contributed by atoms with E-state index in [2.05, 4.69) is 24.0 Å². The molecule has 0 amide bonds. The number of hydrogen-bond donors (Lipinski definition) is 2. The van der Waals surface area contributed by atoms with Gasteiger partial charge in [0, 0.05) is 28.9 Å². The fourth-order valence-electron chi connectivity index (χ4n) is 7.09. The molecule has 1 saturated carbocycles. The van der Waals surface area contributed by atoms with Gasteiger partial charge in [-0.2, -0.15) is 0 Å². The highest BCUT2D eigenvalue weighted by molar-refractivity contribution is 7.89. The number of hydrogen-bond acceptors (Lipinski definition) is 7. The lowest BCUT2D eigenvalue weighted by atomic mass is 9.58. The molecule has 2 aromatic carbocycles. The van der Waals surface area contributed by atoms with Gasteiger partial charge >= 0.3 is 5.97 Å². The van der Waals surface area contributed by atoms with Crippen molar-refractivity contribution in [2.45, 2.75) is 95.5 Å². The molecule has 5 rings (SSSR count). The van der Waals surface area contributed by atoms with E-state index in [-0.39, 0.29) is 23.7 Å². The zero-order valence-corrected chi connectivity index (χ0v) is 28.6. The molecular formula is C35H47ClN2O6S. The minimum absolute atomic E-state index is 0.147. The lowest BCUT2D eigenvalue weighted by Gasteiger charge is -2.52. The first-order valence-corrected chi connectivity index (χ1v) is 17.9. The zero-order valence-electron chi connectivity index (χ0n) is 27.0. The first kappa shape index (κ1) is 33.8. The molecule has 1 fully saturated rings. The Hall–Kier alpha value is -2.59. The van der Waals surface area contributed by atoms with E-state index in [1.54, 1.807) is 25.1 Å². The van der Waals surface area contributed by atoms with Crippen molar-refractivity contribution in [3.8, 4) is 5.75 Å². The van der Waals surface area contributed by atoms with Gasteiger partial charge in [-0.05, 0) is 114 Å². The lowest BCUT2D eigenvalue weighted by molar-refractivity contribution is -0.0469. The maximum Gasteiger partial charge on any atom is 0.338 e. The molecule has 2 aliphatic carbocycles. The molecule has 0 bridgehead atoms. The van der Waals surface area contributed by atoms with Crippen LogP contribution in [0.3, 0.4) is 0 Å². The van der Waals surface area contributed by atoms with Crippen LogP contribution in [0.1, 0.15) is 88.2 Å². The number of aryl methyl sites for hydroxylation is 1. The number of ether oxygens (including phenoxy) is 2. The number of aliphatic hydroxyl groups excluding tert-OH is 1. The van der Waals surface area contributed by atoms with E-state index in [0.717, 1.165) is 48.6 Å². The third kappa shape index (κ3) is 7.22. The topological polar surface area (TPSA) is 119 Å². The standard InChI is InChI=1S/C35H47ClN2O6S/c1-23(45(37,41)42)8-6-10-31(39)34(5)17-15-26(34)20-38-21-35(16-7-9-24-18-27(36)12-13-28(24)35)22-43-30-14-11-25(19-29(30)38)32(40)44-33(2,3)4/h6,10-14,18-19,23,26,31,39H,7-9,15-17,20-22H2,1-5H3,(H2,37,41,42)/b10-6+/t23-,26-,31-,34+,35?/m1/s1. The van der Waals surface area contributed by atoms with Crippen molar-refractivity contribution in [2.75, 3.05) is 24.6 Å². The number of anilines is 1. The van der Waals surface area contributed by atoms with Gasteiger partial charge in [0.05, 0.1) is 29.2 Å². The van der Waals surface area contributed by atoms with Gasteiger partial charge in [-0.3, -0.25) is 0 Å². The monoisotopic (exact) mass is 658 g/mol. The quantitative estimate of drug-likeness (QED) is 0.257. The summed E-state index contributed by atoms with van der Waals surface area (Å²) in [7, 11) is -3.64. The Kier molecular flexibility index (Phi) is 9.41. The van der Waals surface area contributed by atoms with Crippen molar-refractivity contribution >= 4 is 33.3 Å². The molecule has 45 heavy (non-hydrogen) atoms. The summed E-state index contributed by atoms with van der Waals surface area (Å²) in [5, 5.41) is 16.6. The highest BCUT2D eigenvalue weighted by Crippen LogP contribution is 2.52. The Labute approximate surface area is 273 Å². The van der Waals surface area contributed by atoms with E-state index in [1.807, 2.05) is 39.0 Å². The molecule has 1 unspecified atom stereocenters. The van der Waals surface area contributed by atoms with Gasteiger partial charge in [0.2, 0.25) is 10.0 Å². The van der Waals surface area contributed by atoms with Crippen LogP contribution in [0.25, 0.3) is 0 Å². The molecule has 2 aromatic rings. The van der Waals surface area contributed by atoms with E-state index >= 15 is 0 Å². The van der Waals surface area contributed by atoms with Crippen molar-refractivity contribution < 1.29 is 27.8 Å². The molecule has 1 heterocycles. The van der Waals surface area contributed by atoms with Crippen LogP contribution in [0.2, 0.25) is 5.02 Å². The number of nitrogens with zero attached hydrogens (tertiary/aromatic N) is 1. The second-order valence-electron chi connectivity index (χ2n) is 14.5. The summed E-state index contributed by atoms with van der Waals surface area (Å²) in [5.41, 5.74) is 2.52. The second kappa shape index (κ2) is 12.5. The number of carbonyl (C=O) groups is 1. The second-order valence-corrected chi connectivity index (χ2v) is 17.0. The van der Waals surface area contributed by atoms with Crippen LogP contribution in [0.4, 0.5) is 5.69 Å². The van der Waals surface area contributed by atoms with E-state index in [1.165, 1.54) is 11.1 Å². The van der Waals surface area contributed by atoms with E-state index < -0.39 is 32.4 Å². The smallest absolute Gasteiger partial charge is 0.338 e. The zero-order chi connectivity index (χ0) is 32.8. The highest BCUT2D eigenvalue weighted by atomic mass is 35.5. The van der Waals surface area contributed by atoms with Crippen LogP contribution in [0.5, 0.6) is 5.75 Å². The number of carbonyl (C=O) groups excluding carboxylic acids is 1. The van der Waals surface area contributed by atoms with Crippen molar-refractivity contribution in [3.63, 3.8) is 0 Å². The summed E-state index contributed by atoms with van der Waals surface area (Å²) in [6.07, 6.45) is 7.67. The molecule has 0 saturated heterocycles. The number of sulfonamides is 1. The van der Waals surface area contributed by atoms with E-state index in [9.17, 15) is 18.3 Å². The maximum atomic E-state index is 13.1. The van der Waals surface area contributed by atoms with Gasteiger partial charge in [0.15, 0.2) is 0 Å². The fraction of sp³-hybridized carbons (Fsp3) is 0.571. The number of nitrogens with two attached hydrogens (primary N) is 1. The van der Waals surface area contributed by atoms with Gasteiger partial charge in [0.1, 0.15) is 11.4 Å². The molecule has 1 aliphatic heterocycles. The Morgan fingerprint density at radius 1 is 1.24 bits per heavy atom. The van der Waals surface area contributed by atoms with Gasteiger partial charge in [-0.25, -0.2) is 18.4 Å². The molecule has 8 nitrogen and oxygen atoms in total. The van der Waals surface area contributed by atoms with E-state index in [4.69, 9.17) is 26.2 Å². The number of benzene rings is 2. The van der Waals surface area contributed by atoms with Crippen LogP contribution in [0, 0.1) is 11.3 Å². The van der Waals surface area contributed by atoms with Crippen LogP contribution in [-0.2, 0) is 26.6 Å². The summed E-state index contributed by atoms with van der Waals surface area (Å²) in [4.78, 5) is 15.5. The largest absolute Gasteiger partial charge is 0.490 e. The van der Waals surface area contributed by atoms with Crippen LogP contribution in [0.15, 0.2) is 48.6 Å². The molecule has 0 aromatic heterocycles. The molecule has 3 N–H and O–H groups in total. The van der Waals surface area contributed by atoms with Gasteiger partial charge < -0.3 is 19.5 Å². The van der Waals surface area contributed by atoms with Crippen molar-refractivity contribution in [3.05, 3.63) is 70.3 Å². The third-order valence-corrected chi connectivity index (χ3v) is 11.6. The summed E-state index contributed by atoms with van der Waals surface area (Å²) < 4.78 is 35.6. The van der Waals surface area contributed by atoms with E-state index in [0.29, 0.717) is 25.3 Å². The molecular weight excluding hydrogens is 612 g/mol. The van der Waals surface area contributed by atoms with Gasteiger partial charge in [0.25, 0.3) is 0 Å². The lowest BCUT2D eigenvalue weighted by Crippen LogP contribution is -2.53. The Balaban J connectivity index is 1.47. The summed E-state index contributed by atoms with van der Waals surface area (Å²) in [6, 6.07) is 11.7. The average Bonchev–Trinajstić information content (AvgIpc) is 3.10. The van der Waals surface area contributed by atoms with Crippen molar-refractivity contribution in [1.82, 2.24) is 0 Å². The summed E-state index contributed by atoms with van der Waals surface area (Å²) >= 11 is 6.41. The summed E-state index contributed by atoms with van der Waals surface area (Å²) in [5.74, 6) is 0.484. The molecule has 3 aliphatic rings. The molecule has 10 heteroatoms. The van der Waals surface area contributed by atoms with Crippen molar-refractivity contribution in [1.29, 1.82) is 0 Å². The maximum absolute atomic E-state index is 13.1. The highest BCUT2D eigenvalue weighted by Gasteiger charge is 2.49. The number of halogens is 1. The van der Waals surface area contributed by atoms with Gasteiger partial charge in [-0.15, -0.1) is 0 Å². The number of rotatable bonds is 8. The molecule has 0 radical (unpaired) electrons. The number of allylic oxidation sites excluding steroid dienone is 1. The first-order valence-electron chi connectivity index (χ1n) is 15.9. The minimum atomic E-state index is -3.64. The molecule has 1 spiro atoms. The predicted molar refractivity (Wildman–Crippen MR) is 179 cm³/mol. The van der Waals surface area contributed by atoms with Crippen LogP contribution >= 0.6 is 11.6 Å². The SMILES string of the molecule is C[C@H](C/C=C/[C@@H](O)[C@@]1(C)CC[C@@H]1CN1CC2(CCCc3cc(Cl)ccc32)COc2ccc(C(=O)OC(C)(C)C)cc21)S(N)(=O)=O. The van der Waals surface area contributed by atoms with Crippen LogP contribution < -0.4 is 14.8 Å². The van der Waals surface area contributed by atoms with Gasteiger partial charge in [-0.1, -0.05) is 36.7 Å². The number of fused-ring (bicyclic) bond motifs is 3. The number of esters is 1. The number of primary sulfonamides is 1. The first-order chi connectivity index (χ1) is 21.0. The molecule has 246 valence electrons. The van der Waals surface area contributed by atoms with Crippen LogP contribution in [-0.4, -0.2) is 56.1 Å². The Morgan fingerprint density at radius 3 is 2.67 bits per heavy atom. The normalized spacial score (nSPS) is 26.3. The minimum Gasteiger partial charge on any atom is -0.490 e. The third-order valence-electron chi connectivity index (χ3n) is 10.1. The Morgan fingerprint density at radius 2 is 2.00 bits per heavy atom. The predicted octanol–water partition coefficient (Wildman–Crippen LogP) is 6.17. The average molecular weight is 659 g/mol. The van der Waals surface area contributed by atoms with Crippen molar-refractivity contribution in [2.24, 2.45) is 16.5 Å². The number of aliphatic hydroxyl groups is 1. The summed E-state index contributed by atoms with van der Waals surface area (Å²) in [6.45, 7) is 11.1. The Bertz CT molecular complexity index is 1570.